The summed E-state index contributed by atoms with van der Waals surface area (Å²) in [7, 11) is -1.74. The fourth-order valence-electron chi connectivity index (χ4n) is 5.40. The van der Waals surface area contributed by atoms with Gasteiger partial charge in [0.05, 0.1) is 31.6 Å². The minimum atomic E-state index is -1.87. The fourth-order valence-corrected chi connectivity index (χ4v) is 7.01. The van der Waals surface area contributed by atoms with Crippen molar-refractivity contribution < 1.29 is 24.5 Å². The monoisotopic (exact) mass is 522 g/mol. The van der Waals surface area contributed by atoms with Crippen LogP contribution in [0.4, 0.5) is 0 Å². The summed E-state index contributed by atoms with van der Waals surface area (Å²) in [5, 5.41) is 23.5. The van der Waals surface area contributed by atoms with Crippen molar-refractivity contribution in [2.45, 2.75) is 83.3 Å². The van der Waals surface area contributed by atoms with Gasteiger partial charge in [-0.05, 0) is 24.6 Å². The molecular weight excluding hydrogens is 488 g/mol. The average molecular weight is 523 g/mol. The molecule has 4 heterocycles. The molecule has 0 amide bonds. The van der Waals surface area contributed by atoms with E-state index in [1.54, 1.807) is 23.6 Å². The van der Waals surface area contributed by atoms with E-state index >= 15 is 0 Å². The summed E-state index contributed by atoms with van der Waals surface area (Å²) < 4.78 is 13.1. The van der Waals surface area contributed by atoms with Crippen LogP contribution < -0.4 is 10.3 Å². The van der Waals surface area contributed by atoms with Crippen LogP contribution in [0.15, 0.2) is 35.1 Å². The number of aliphatic hydroxyl groups is 2. The van der Waals surface area contributed by atoms with Gasteiger partial charge in [-0.2, -0.15) is 0 Å². The first-order valence-electron chi connectivity index (χ1n) is 12.8. The average Bonchev–Trinajstić information content (AvgIpc) is 3.22. The molecule has 5 rings (SSSR count). The van der Waals surface area contributed by atoms with E-state index in [1.807, 2.05) is 32.0 Å². The standard InChI is InChI=1S/C28H34N2O6Si/c1-7-27(33)20-13-21-23-18(14-30(21)25(31)19(20)15-35-26(27)32)12-17-10-9-11-22(24(17)29-23)36-28(34,8-2)16(3)37(4,5)6/h9-13,16,33-34H,7-8,14-15H2,1-6H3/t16?,27-,28?/m0/s1. The van der Waals surface area contributed by atoms with E-state index < -0.39 is 25.4 Å². The van der Waals surface area contributed by atoms with Crippen molar-refractivity contribution in [2.75, 3.05) is 0 Å². The lowest BCUT2D eigenvalue weighted by Crippen LogP contribution is -2.48. The predicted molar refractivity (Wildman–Crippen MR) is 143 cm³/mol. The third-order valence-corrected chi connectivity index (χ3v) is 11.3. The second-order valence-electron chi connectivity index (χ2n) is 11.3. The summed E-state index contributed by atoms with van der Waals surface area (Å²) >= 11 is 0. The number of esters is 1. The van der Waals surface area contributed by atoms with Crippen LogP contribution in [0, 0.1) is 0 Å². The van der Waals surface area contributed by atoms with E-state index in [0.717, 1.165) is 10.9 Å². The Morgan fingerprint density at radius 3 is 2.62 bits per heavy atom. The summed E-state index contributed by atoms with van der Waals surface area (Å²) in [6, 6.07) is 9.29. The minimum absolute atomic E-state index is 0.0352. The third kappa shape index (κ3) is 3.83. The van der Waals surface area contributed by atoms with Gasteiger partial charge in [0.1, 0.15) is 17.9 Å². The SMILES string of the molecule is CCC(O)(Oc1cccc2cc3c(nc12)-c1cc2c(c(=O)n1C3)COC(=O)[C@]2(O)CC)C(C)[Si](C)(C)C. The van der Waals surface area contributed by atoms with Gasteiger partial charge in [-0.1, -0.05) is 52.5 Å². The smallest absolute Gasteiger partial charge is 0.343 e. The first-order chi connectivity index (χ1) is 17.3. The molecule has 0 bridgehead atoms. The van der Waals surface area contributed by atoms with E-state index in [9.17, 15) is 19.8 Å². The molecule has 0 aliphatic carbocycles. The van der Waals surface area contributed by atoms with Crippen molar-refractivity contribution in [1.82, 2.24) is 9.55 Å². The van der Waals surface area contributed by atoms with Crippen LogP contribution in [0.25, 0.3) is 22.3 Å². The zero-order valence-corrected chi connectivity index (χ0v) is 23.2. The van der Waals surface area contributed by atoms with Gasteiger partial charge in [0, 0.05) is 28.5 Å². The summed E-state index contributed by atoms with van der Waals surface area (Å²) in [5.41, 5.74) is 0.950. The molecule has 1 aromatic carbocycles. The van der Waals surface area contributed by atoms with E-state index in [2.05, 4.69) is 19.6 Å². The zero-order chi connectivity index (χ0) is 26.9. The first-order valence-corrected chi connectivity index (χ1v) is 16.4. The Bertz CT molecular complexity index is 1490. The van der Waals surface area contributed by atoms with Crippen molar-refractivity contribution in [1.29, 1.82) is 0 Å². The number of fused-ring (bicyclic) bond motifs is 5. The van der Waals surface area contributed by atoms with Crippen molar-refractivity contribution in [2.24, 2.45) is 0 Å². The molecule has 9 heteroatoms. The normalized spacial score (nSPS) is 21.0. The maximum atomic E-state index is 13.4. The van der Waals surface area contributed by atoms with Crippen LogP contribution in [0.2, 0.25) is 25.2 Å². The Labute approximate surface area is 216 Å². The summed E-state index contributed by atoms with van der Waals surface area (Å²) in [4.78, 5) is 30.8. The van der Waals surface area contributed by atoms with Gasteiger partial charge in [-0.15, -0.1) is 0 Å². The number of benzene rings is 1. The van der Waals surface area contributed by atoms with Crippen molar-refractivity contribution in [3.8, 4) is 17.1 Å². The Morgan fingerprint density at radius 2 is 1.97 bits per heavy atom. The minimum Gasteiger partial charge on any atom is -0.460 e. The van der Waals surface area contributed by atoms with Gasteiger partial charge in [0.25, 0.3) is 5.56 Å². The van der Waals surface area contributed by atoms with Gasteiger partial charge in [0.15, 0.2) is 5.60 Å². The summed E-state index contributed by atoms with van der Waals surface area (Å²) in [6.45, 7) is 12.4. The quantitative estimate of drug-likeness (QED) is 0.221. The van der Waals surface area contributed by atoms with Crippen LogP contribution in [-0.4, -0.2) is 39.6 Å². The molecule has 3 atom stereocenters. The number of cyclic esters (lactones) is 1. The number of para-hydroxylation sites is 1. The van der Waals surface area contributed by atoms with Crippen LogP contribution in [0.3, 0.4) is 0 Å². The topological polar surface area (TPSA) is 111 Å². The number of carbonyl (C=O) groups excluding carboxylic acids is 1. The van der Waals surface area contributed by atoms with E-state index in [4.69, 9.17) is 14.5 Å². The largest absolute Gasteiger partial charge is 0.460 e. The molecule has 8 nitrogen and oxygen atoms in total. The molecule has 0 spiro atoms. The van der Waals surface area contributed by atoms with Crippen LogP contribution in [0.1, 0.15) is 50.3 Å². The molecule has 37 heavy (non-hydrogen) atoms. The number of ether oxygens (including phenoxy) is 2. The van der Waals surface area contributed by atoms with Gasteiger partial charge < -0.3 is 24.3 Å². The lowest BCUT2D eigenvalue weighted by atomic mass is 9.86. The van der Waals surface area contributed by atoms with Crippen molar-refractivity contribution in [3.05, 3.63) is 57.4 Å². The number of carbonyl (C=O) groups is 1. The predicted octanol–water partition coefficient (Wildman–Crippen LogP) is 4.29. The highest BCUT2D eigenvalue weighted by atomic mass is 28.3. The molecule has 2 aromatic heterocycles. The number of hydrogen-bond acceptors (Lipinski definition) is 7. The Morgan fingerprint density at radius 1 is 1.24 bits per heavy atom. The number of pyridine rings is 2. The van der Waals surface area contributed by atoms with Gasteiger partial charge in [-0.3, -0.25) is 4.79 Å². The van der Waals surface area contributed by atoms with Crippen LogP contribution >= 0.6 is 0 Å². The molecule has 196 valence electrons. The molecule has 2 aliphatic heterocycles. The molecule has 3 aromatic rings. The lowest BCUT2D eigenvalue weighted by molar-refractivity contribution is -0.172. The fraction of sp³-hybridized carbons (Fsp3) is 0.464. The second-order valence-corrected chi connectivity index (χ2v) is 16.9. The number of aromatic nitrogens is 2. The van der Waals surface area contributed by atoms with Crippen LogP contribution in [-0.2, 0) is 28.3 Å². The molecular formula is C28H34N2O6Si. The Hall–Kier alpha value is -3.01. The highest BCUT2D eigenvalue weighted by Crippen LogP contribution is 2.42. The second kappa shape index (κ2) is 8.51. The van der Waals surface area contributed by atoms with E-state index in [-0.39, 0.29) is 29.7 Å². The molecule has 0 saturated heterocycles. The van der Waals surface area contributed by atoms with E-state index in [0.29, 0.717) is 41.2 Å². The molecule has 2 N–H and O–H groups in total. The maximum absolute atomic E-state index is 13.4. The molecule has 0 saturated carbocycles. The lowest BCUT2D eigenvalue weighted by Gasteiger charge is -2.40. The maximum Gasteiger partial charge on any atom is 0.343 e. The highest BCUT2D eigenvalue weighted by molar-refractivity contribution is 6.77. The zero-order valence-electron chi connectivity index (χ0n) is 22.2. The Kier molecular flexibility index (Phi) is 5.89. The van der Waals surface area contributed by atoms with Crippen LogP contribution in [0.5, 0.6) is 5.75 Å². The first kappa shape index (κ1) is 25.6. The molecule has 0 fully saturated rings. The molecule has 2 aliphatic rings. The van der Waals surface area contributed by atoms with Crippen molar-refractivity contribution >= 4 is 24.9 Å². The number of nitrogens with zero attached hydrogens (tertiary/aromatic N) is 2. The highest BCUT2D eigenvalue weighted by Gasteiger charge is 2.46. The van der Waals surface area contributed by atoms with Gasteiger partial charge in [0.2, 0.25) is 5.79 Å². The van der Waals surface area contributed by atoms with E-state index in [1.165, 1.54) is 0 Å². The Balaban J connectivity index is 1.67. The summed E-state index contributed by atoms with van der Waals surface area (Å²) in [5.74, 6) is -1.62. The molecule has 2 unspecified atom stereocenters. The summed E-state index contributed by atoms with van der Waals surface area (Å²) in [6.07, 6.45) is 0.512. The van der Waals surface area contributed by atoms with Gasteiger partial charge in [-0.25, -0.2) is 9.78 Å². The van der Waals surface area contributed by atoms with Gasteiger partial charge >= 0.3 is 5.97 Å². The number of hydrogen-bond donors (Lipinski definition) is 2. The third-order valence-electron chi connectivity index (χ3n) is 8.27. The number of rotatable bonds is 6. The molecule has 0 radical (unpaired) electrons. The van der Waals surface area contributed by atoms with Crippen molar-refractivity contribution in [3.63, 3.8) is 0 Å².